The Labute approximate surface area is 136 Å². The number of allylic oxidation sites excluding steroid dienone is 1. The molecule has 1 aliphatic rings. The van der Waals surface area contributed by atoms with Crippen molar-refractivity contribution in [2.24, 2.45) is 4.99 Å². The molecular formula is C19H19N3O. The molecule has 0 radical (unpaired) electrons. The molecule has 4 heteroatoms. The van der Waals surface area contributed by atoms with Gasteiger partial charge in [0.15, 0.2) is 0 Å². The predicted octanol–water partition coefficient (Wildman–Crippen LogP) is 3.05. The molecule has 2 aromatic carbocycles. The summed E-state index contributed by atoms with van der Waals surface area (Å²) in [4.78, 5) is 16.7. The van der Waals surface area contributed by atoms with Gasteiger partial charge in [-0.05, 0) is 35.9 Å². The van der Waals surface area contributed by atoms with E-state index in [1.807, 2.05) is 60.8 Å². The number of rotatable bonds is 5. The first-order valence-electron chi connectivity index (χ1n) is 7.61. The van der Waals surface area contributed by atoms with E-state index in [2.05, 4.69) is 21.7 Å². The van der Waals surface area contributed by atoms with Gasteiger partial charge in [0.25, 0.3) is 0 Å². The maximum Gasteiger partial charge on any atom is 0.246 e. The van der Waals surface area contributed by atoms with Gasteiger partial charge in [-0.2, -0.15) is 0 Å². The zero-order valence-electron chi connectivity index (χ0n) is 13.0. The molecule has 0 spiro atoms. The molecule has 3 rings (SSSR count). The number of nitrogens with one attached hydrogen (secondary N) is 2. The Morgan fingerprint density at radius 1 is 1.09 bits per heavy atom. The van der Waals surface area contributed by atoms with Gasteiger partial charge >= 0.3 is 0 Å². The van der Waals surface area contributed by atoms with Gasteiger partial charge in [-0.3, -0.25) is 9.79 Å². The van der Waals surface area contributed by atoms with Crippen LogP contribution in [0, 0.1) is 0 Å². The van der Waals surface area contributed by atoms with E-state index in [0.717, 1.165) is 28.9 Å². The molecule has 0 aromatic heterocycles. The van der Waals surface area contributed by atoms with Gasteiger partial charge in [-0.1, -0.05) is 48.5 Å². The van der Waals surface area contributed by atoms with E-state index in [9.17, 15) is 4.79 Å². The Hall–Kier alpha value is -2.72. The van der Waals surface area contributed by atoms with Crippen LogP contribution in [-0.2, 0) is 4.79 Å². The summed E-state index contributed by atoms with van der Waals surface area (Å²) in [5.74, 6) is -0.0758. The quantitative estimate of drug-likeness (QED) is 0.892. The second kappa shape index (κ2) is 7.03. The summed E-state index contributed by atoms with van der Waals surface area (Å²) in [6.07, 6.45) is 3.96. The summed E-state index contributed by atoms with van der Waals surface area (Å²) in [6.45, 7) is 0.745. The molecule has 0 saturated heterocycles. The molecule has 1 atom stereocenters. The van der Waals surface area contributed by atoms with E-state index in [-0.39, 0.29) is 11.9 Å². The SMILES string of the molecule is CNC(C(=O)Nc1ccc(C2=CCN=C2)cc1)c1ccccc1. The first-order chi connectivity index (χ1) is 11.3. The standard InChI is InChI=1S/C19H19N3O/c1-20-18(15-5-3-2-4-6-15)19(23)22-17-9-7-14(8-10-17)16-11-12-21-13-16/h2-11,13,18,20H,12H2,1H3,(H,22,23). The van der Waals surface area contributed by atoms with Crippen molar-refractivity contribution in [1.82, 2.24) is 5.32 Å². The zero-order chi connectivity index (χ0) is 16.1. The molecule has 1 heterocycles. The van der Waals surface area contributed by atoms with Crippen LogP contribution in [0.3, 0.4) is 0 Å². The molecular weight excluding hydrogens is 286 g/mol. The van der Waals surface area contributed by atoms with Gasteiger partial charge in [0.1, 0.15) is 6.04 Å². The van der Waals surface area contributed by atoms with Gasteiger partial charge in [-0.15, -0.1) is 0 Å². The van der Waals surface area contributed by atoms with Gasteiger partial charge in [0.2, 0.25) is 5.91 Å². The highest BCUT2D eigenvalue weighted by atomic mass is 16.2. The van der Waals surface area contributed by atoms with Crippen LogP contribution in [0.25, 0.3) is 5.57 Å². The lowest BCUT2D eigenvalue weighted by Crippen LogP contribution is -2.30. The number of benzene rings is 2. The molecule has 0 saturated carbocycles. The molecule has 4 nitrogen and oxygen atoms in total. The first kappa shape index (κ1) is 15.2. The van der Waals surface area contributed by atoms with E-state index in [0.29, 0.717) is 0 Å². The summed E-state index contributed by atoms with van der Waals surface area (Å²) >= 11 is 0. The molecule has 1 amide bonds. The summed E-state index contributed by atoms with van der Waals surface area (Å²) in [7, 11) is 1.78. The number of amides is 1. The van der Waals surface area contributed by atoms with Crippen LogP contribution in [0.2, 0.25) is 0 Å². The second-order valence-electron chi connectivity index (χ2n) is 5.35. The van der Waals surface area contributed by atoms with E-state index in [4.69, 9.17) is 0 Å². The van der Waals surface area contributed by atoms with Crippen molar-refractivity contribution in [3.05, 3.63) is 71.8 Å². The smallest absolute Gasteiger partial charge is 0.246 e. The molecule has 116 valence electrons. The number of aliphatic imine (C=N–C) groups is 1. The van der Waals surface area contributed by atoms with Crippen LogP contribution in [0.15, 0.2) is 65.7 Å². The van der Waals surface area contributed by atoms with Crippen molar-refractivity contribution in [3.63, 3.8) is 0 Å². The molecule has 23 heavy (non-hydrogen) atoms. The zero-order valence-corrected chi connectivity index (χ0v) is 13.0. The lowest BCUT2D eigenvalue weighted by atomic mass is 10.1. The molecule has 0 fully saturated rings. The molecule has 0 aliphatic carbocycles. The Bertz CT molecular complexity index is 733. The van der Waals surface area contributed by atoms with Crippen LogP contribution in [0.4, 0.5) is 5.69 Å². The minimum atomic E-state index is -0.374. The molecule has 2 N–H and O–H groups in total. The fourth-order valence-electron chi connectivity index (χ4n) is 2.60. The minimum Gasteiger partial charge on any atom is -0.324 e. The number of hydrogen-bond acceptors (Lipinski definition) is 3. The topological polar surface area (TPSA) is 53.5 Å². The summed E-state index contributed by atoms with van der Waals surface area (Å²) in [6, 6.07) is 17.1. The molecule has 2 aromatic rings. The van der Waals surface area contributed by atoms with E-state index in [1.54, 1.807) is 7.05 Å². The third-order valence-electron chi connectivity index (χ3n) is 3.82. The Kier molecular flexibility index (Phi) is 4.64. The van der Waals surface area contributed by atoms with Crippen molar-refractivity contribution >= 4 is 23.4 Å². The minimum absolute atomic E-state index is 0.0758. The van der Waals surface area contributed by atoms with Crippen molar-refractivity contribution in [2.45, 2.75) is 6.04 Å². The highest BCUT2D eigenvalue weighted by Crippen LogP contribution is 2.20. The van der Waals surface area contributed by atoms with Gasteiger partial charge in [0, 0.05) is 11.9 Å². The Balaban J connectivity index is 1.70. The molecule has 1 aliphatic heterocycles. The summed E-state index contributed by atoms with van der Waals surface area (Å²) in [5.41, 5.74) is 3.96. The Morgan fingerprint density at radius 3 is 2.43 bits per heavy atom. The predicted molar refractivity (Wildman–Crippen MR) is 94.7 cm³/mol. The highest BCUT2D eigenvalue weighted by Gasteiger charge is 2.18. The number of anilines is 1. The van der Waals surface area contributed by atoms with Gasteiger partial charge < -0.3 is 10.6 Å². The lowest BCUT2D eigenvalue weighted by Gasteiger charge is -2.16. The van der Waals surface area contributed by atoms with Gasteiger partial charge in [-0.25, -0.2) is 0 Å². The third kappa shape index (κ3) is 3.55. The van der Waals surface area contributed by atoms with Crippen molar-refractivity contribution in [2.75, 3.05) is 18.9 Å². The average Bonchev–Trinajstić information content (AvgIpc) is 3.12. The molecule has 0 bridgehead atoms. The Morgan fingerprint density at radius 2 is 1.83 bits per heavy atom. The maximum absolute atomic E-state index is 12.5. The number of carbonyl (C=O) groups excluding carboxylic acids is 1. The van der Waals surface area contributed by atoms with Crippen LogP contribution in [-0.4, -0.2) is 25.7 Å². The van der Waals surface area contributed by atoms with E-state index in [1.165, 1.54) is 0 Å². The normalized spacial score (nSPS) is 14.4. The third-order valence-corrected chi connectivity index (χ3v) is 3.82. The van der Waals surface area contributed by atoms with Crippen LogP contribution in [0.1, 0.15) is 17.2 Å². The lowest BCUT2D eigenvalue weighted by molar-refractivity contribution is -0.118. The fourth-order valence-corrected chi connectivity index (χ4v) is 2.60. The average molecular weight is 305 g/mol. The molecule has 1 unspecified atom stereocenters. The largest absolute Gasteiger partial charge is 0.324 e. The van der Waals surface area contributed by atoms with Gasteiger partial charge in [0.05, 0.1) is 6.54 Å². The highest BCUT2D eigenvalue weighted by molar-refractivity contribution is 6.11. The number of nitrogens with zero attached hydrogens (tertiary/aromatic N) is 1. The maximum atomic E-state index is 12.5. The van der Waals surface area contributed by atoms with Crippen molar-refractivity contribution in [3.8, 4) is 0 Å². The monoisotopic (exact) mass is 305 g/mol. The van der Waals surface area contributed by atoms with Crippen LogP contribution in [0.5, 0.6) is 0 Å². The number of hydrogen-bond donors (Lipinski definition) is 2. The van der Waals surface area contributed by atoms with Crippen LogP contribution < -0.4 is 10.6 Å². The van der Waals surface area contributed by atoms with Crippen LogP contribution >= 0.6 is 0 Å². The van der Waals surface area contributed by atoms with Crippen molar-refractivity contribution in [1.29, 1.82) is 0 Å². The number of likely N-dealkylation sites (N-methyl/N-ethyl adjacent to an activating group) is 1. The van der Waals surface area contributed by atoms with Crippen molar-refractivity contribution < 1.29 is 4.79 Å². The summed E-state index contributed by atoms with van der Waals surface area (Å²) in [5, 5.41) is 6.01. The summed E-state index contributed by atoms with van der Waals surface area (Å²) < 4.78 is 0. The van der Waals surface area contributed by atoms with E-state index >= 15 is 0 Å². The first-order valence-corrected chi connectivity index (χ1v) is 7.61. The van der Waals surface area contributed by atoms with E-state index < -0.39 is 0 Å². The second-order valence-corrected chi connectivity index (χ2v) is 5.35. The number of carbonyl (C=O) groups is 1. The fraction of sp³-hybridized carbons (Fsp3) is 0.158.